The average molecular weight is 406 g/mol. The van der Waals surface area contributed by atoms with Crippen molar-refractivity contribution in [3.63, 3.8) is 0 Å². The minimum absolute atomic E-state index is 0.154. The number of benzene rings is 1. The predicted octanol–water partition coefficient (Wildman–Crippen LogP) is 3.49. The number of rotatable bonds is 5. The first kappa shape index (κ1) is 20.1. The number of carbonyl (C=O) groups excluding carboxylic acids is 1. The van der Waals surface area contributed by atoms with E-state index in [2.05, 4.69) is 15.3 Å². The van der Waals surface area contributed by atoms with E-state index in [0.717, 1.165) is 29.7 Å². The number of nitrogens with one attached hydrogen (secondary N) is 2. The van der Waals surface area contributed by atoms with E-state index in [1.165, 1.54) is 4.57 Å². The molecule has 7 nitrogen and oxygen atoms in total. The van der Waals surface area contributed by atoms with E-state index in [0.29, 0.717) is 12.2 Å². The van der Waals surface area contributed by atoms with Crippen molar-refractivity contribution >= 4 is 22.6 Å². The van der Waals surface area contributed by atoms with Gasteiger partial charge in [0, 0.05) is 23.8 Å². The number of hydrogen-bond donors (Lipinski definition) is 2. The Kier molecular flexibility index (Phi) is 5.05. The summed E-state index contributed by atoms with van der Waals surface area (Å²) < 4.78 is 1.47. The molecule has 1 aliphatic carbocycles. The van der Waals surface area contributed by atoms with Gasteiger partial charge in [-0.3, -0.25) is 19.1 Å². The topological polar surface area (TPSA) is 96.8 Å². The second-order valence-electron chi connectivity index (χ2n) is 8.66. The van der Waals surface area contributed by atoms with Crippen LogP contribution in [-0.2, 0) is 6.54 Å². The highest BCUT2D eigenvalue weighted by atomic mass is 16.2. The normalized spacial score (nSPS) is 13.8. The number of hydrogen-bond acceptors (Lipinski definition) is 4. The van der Waals surface area contributed by atoms with Gasteiger partial charge >= 0.3 is 5.69 Å². The maximum Gasteiger partial charge on any atom is 0.330 e. The zero-order valence-corrected chi connectivity index (χ0v) is 17.7. The molecule has 4 rings (SSSR count). The fraction of sp³-hybridized carbons (Fsp3) is 0.391. The molecule has 1 aliphatic rings. The number of aromatic nitrogens is 3. The summed E-state index contributed by atoms with van der Waals surface area (Å²) in [7, 11) is 0. The van der Waals surface area contributed by atoms with Crippen LogP contribution in [0.3, 0.4) is 0 Å². The van der Waals surface area contributed by atoms with Crippen molar-refractivity contribution in [2.45, 2.75) is 53.0 Å². The molecule has 0 unspecified atom stereocenters. The van der Waals surface area contributed by atoms with E-state index in [4.69, 9.17) is 0 Å². The first-order valence-electron chi connectivity index (χ1n) is 10.3. The number of aryl methyl sites for hydroxylation is 2. The van der Waals surface area contributed by atoms with Crippen molar-refractivity contribution < 1.29 is 4.79 Å². The third kappa shape index (κ3) is 3.92. The highest BCUT2D eigenvalue weighted by molar-refractivity contribution is 6.12. The minimum atomic E-state index is -0.588. The van der Waals surface area contributed by atoms with Gasteiger partial charge in [-0.1, -0.05) is 19.9 Å². The lowest BCUT2D eigenvalue weighted by Crippen LogP contribution is -2.33. The van der Waals surface area contributed by atoms with Crippen molar-refractivity contribution in [3.8, 4) is 0 Å². The van der Waals surface area contributed by atoms with Gasteiger partial charge in [-0.25, -0.2) is 9.78 Å². The van der Waals surface area contributed by atoms with E-state index in [-0.39, 0.29) is 34.3 Å². The van der Waals surface area contributed by atoms with Crippen LogP contribution in [0.25, 0.3) is 11.0 Å². The van der Waals surface area contributed by atoms with Gasteiger partial charge in [-0.05, 0) is 61.9 Å². The number of carbonyl (C=O) groups is 1. The molecule has 1 aromatic carbocycles. The molecule has 1 amide bonds. The van der Waals surface area contributed by atoms with Crippen LogP contribution in [0.15, 0.2) is 33.9 Å². The fourth-order valence-corrected chi connectivity index (χ4v) is 3.84. The number of aromatic amines is 1. The molecule has 2 heterocycles. The van der Waals surface area contributed by atoms with Crippen LogP contribution >= 0.6 is 0 Å². The van der Waals surface area contributed by atoms with Crippen LogP contribution in [0.4, 0.5) is 5.69 Å². The van der Waals surface area contributed by atoms with Crippen molar-refractivity contribution in [2.75, 3.05) is 5.32 Å². The van der Waals surface area contributed by atoms with Crippen LogP contribution in [0.1, 0.15) is 59.8 Å². The third-order valence-electron chi connectivity index (χ3n) is 5.24. The molecule has 3 aromatic rings. The number of fused-ring (bicyclic) bond motifs is 1. The van der Waals surface area contributed by atoms with Crippen molar-refractivity contribution in [1.29, 1.82) is 0 Å². The zero-order chi connectivity index (χ0) is 21.6. The van der Waals surface area contributed by atoms with Crippen LogP contribution in [0.5, 0.6) is 0 Å². The first-order valence-corrected chi connectivity index (χ1v) is 10.3. The van der Waals surface area contributed by atoms with Gasteiger partial charge in [0.05, 0.1) is 10.9 Å². The van der Waals surface area contributed by atoms with E-state index < -0.39 is 11.2 Å². The lowest BCUT2D eigenvalue weighted by molar-refractivity contribution is 0.102. The quantitative estimate of drug-likeness (QED) is 0.678. The van der Waals surface area contributed by atoms with Crippen molar-refractivity contribution in [2.24, 2.45) is 5.92 Å². The van der Waals surface area contributed by atoms with Crippen molar-refractivity contribution in [3.05, 3.63) is 67.5 Å². The Balaban J connectivity index is 1.90. The number of pyridine rings is 1. The summed E-state index contributed by atoms with van der Waals surface area (Å²) in [5, 5.41) is 3.07. The van der Waals surface area contributed by atoms with Crippen LogP contribution < -0.4 is 16.6 Å². The van der Waals surface area contributed by atoms with E-state index in [1.807, 2.05) is 45.9 Å². The number of nitrogens with zero attached hydrogens (tertiary/aromatic N) is 2. The van der Waals surface area contributed by atoms with Gasteiger partial charge < -0.3 is 5.32 Å². The van der Waals surface area contributed by atoms with Crippen LogP contribution in [-0.4, -0.2) is 20.4 Å². The Morgan fingerprint density at radius 2 is 1.83 bits per heavy atom. The minimum Gasteiger partial charge on any atom is -0.322 e. The summed E-state index contributed by atoms with van der Waals surface area (Å²) in [6, 6.07) is 7.50. The Morgan fingerprint density at radius 1 is 1.17 bits per heavy atom. The molecule has 0 atom stereocenters. The third-order valence-corrected chi connectivity index (χ3v) is 5.24. The monoisotopic (exact) mass is 406 g/mol. The van der Waals surface area contributed by atoms with Gasteiger partial charge in [0.15, 0.2) is 5.65 Å². The molecule has 0 saturated heterocycles. The Hall–Kier alpha value is -3.22. The molecule has 30 heavy (non-hydrogen) atoms. The highest BCUT2D eigenvalue weighted by Crippen LogP contribution is 2.40. The van der Waals surface area contributed by atoms with E-state index in [9.17, 15) is 14.4 Å². The summed E-state index contributed by atoms with van der Waals surface area (Å²) in [5.74, 6) is 0.0642. The van der Waals surface area contributed by atoms with Gasteiger partial charge in [-0.15, -0.1) is 0 Å². The number of anilines is 1. The lowest BCUT2D eigenvalue weighted by atomic mass is 10.1. The maximum atomic E-state index is 13.2. The zero-order valence-electron chi connectivity index (χ0n) is 17.7. The maximum absolute atomic E-state index is 13.2. The summed E-state index contributed by atoms with van der Waals surface area (Å²) in [6.45, 7) is 8.31. The van der Waals surface area contributed by atoms with Crippen LogP contribution in [0, 0.1) is 19.8 Å². The fourth-order valence-electron chi connectivity index (χ4n) is 3.84. The largest absolute Gasteiger partial charge is 0.330 e. The van der Waals surface area contributed by atoms with Crippen molar-refractivity contribution in [1.82, 2.24) is 14.5 Å². The van der Waals surface area contributed by atoms with Gasteiger partial charge in [0.2, 0.25) is 0 Å². The smallest absolute Gasteiger partial charge is 0.322 e. The molecule has 0 bridgehead atoms. The summed E-state index contributed by atoms with van der Waals surface area (Å²) in [5.41, 5.74) is 2.95. The van der Waals surface area contributed by atoms with Crippen LogP contribution in [0.2, 0.25) is 0 Å². The standard InChI is InChI=1S/C23H26N4O3/c1-12(2)11-27-20-19(22(29)26-23(27)30)17(10-18(25-20)15-5-6-15)21(28)24-16-8-13(3)7-14(4)9-16/h7-10,12,15H,5-6,11H2,1-4H3,(H,24,28)(H,26,29,30). The SMILES string of the molecule is Cc1cc(C)cc(NC(=O)c2cc(C3CC3)nc3c2c(=O)[nH]c(=O)n3CC(C)C)c1. The lowest BCUT2D eigenvalue weighted by Gasteiger charge is -2.15. The Labute approximate surface area is 174 Å². The second-order valence-corrected chi connectivity index (χ2v) is 8.66. The average Bonchev–Trinajstić information content (AvgIpc) is 3.48. The van der Waals surface area contributed by atoms with E-state index >= 15 is 0 Å². The number of H-pyrrole nitrogens is 1. The molecule has 1 saturated carbocycles. The molecular formula is C23H26N4O3. The molecule has 1 fully saturated rings. The summed E-state index contributed by atoms with van der Waals surface area (Å²) in [4.78, 5) is 45.5. The molecule has 0 aliphatic heterocycles. The molecule has 7 heteroatoms. The molecule has 2 aromatic heterocycles. The molecular weight excluding hydrogens is 380 g/mol. The molecule has 2 N–H and O–H groups in total. The Morgan fingerprint density at radius 3 is 2.43 bits per heavy atom. The number of amides is 1. The highest BCUT2D eigenvalue weighted by Gasteiger charge is 2.29. The Bertz CT molecular complexity index is 1250. The van der Waals surface area contributed by atoms with Gasteiger partial charge in [-0.2, -0.15) is 0 Å². The van der Waals surface area contributed by atoms with Gasteiger partial charge in [0.25, 0.3) is 11.5 Å². The molecule has 156 valence electrons. The second kappa shape index (κ2) is 7.55. The summed E-state index contributed by atoms with van der Waals surface area (Å²) in [6.07, 6.45) is 1.99. The predicted molar refractivity (Wildman–Crippen MR) is 117 cm³/mol. The molecule has 0 spiro atoms. The van der Waals surface area contributed by atoms with Gasteiger partial charge in [0.1, 0.15) is 0 Å². The molecule has 0 radical (unpaired) electrons. The van der Waals surface area contributed by atoms with E-state index in [1.54, 1.807) is 6.07 Å². The first-order chi connectivity index (χ1) is 14.2. The summed E-state index contributed by atoms with van der Waals surface area (Å²) >= 11 is 0.